The van der Waals surface area contributed by atoms with Crippen molar-refractivity contribution in [3.63, 3.8) is 0 Å². The van der Waals surface area contributed by atoms with Crippen LogP contribution in [0.15, 0.2) is 53.0 Å². The maximum Gasteiger partial charge on any atom is 0.412 e. The highest BCUT2D eigenvalue weighted by atomic mass is 79.9. The Morgan fingerprint density at radius 1 is 1.10 bits per heavy atom. The second-order valence-electron chi connectivity index (χ2n) is 4.68. The Morgan fingerprint density at radius 3 is 2.33 bits per heavy atom. The summed E-state index contributed by atoms with van der Waals surface area (Å²) in [5.74, 6) is 0. The summed E-state index contributed by atoms with van der Waals surface area (Å²) in [5.41, 5.74) is 1.55. The second-order valence-corrected chi connectivity index (χ2v) is 5.60. The lowest BCUT2D eigenvalue weighted by molar-refractivity contribution is -0.144. The fourth-order valence-electron chi connectivity index (χ4n) is 2.15. The molecule has 0 radical (unpaired) electrons. The smallest absolute Gasteiger partial charge is 0.370 e. The van der Waals surface area contributed by atoms with Crippen LogP contribution < -0.4 is 5.32 Å². The minimum atomic E-state index is -4.36. The minimum absolute atomic E-state index is 0.204. The zero-order valence-corrected chi connectivity index (χ0v) is 13.0. The van der Waals surface area contributed by atoms with Gasteiger partial charge in [0.2, 0.25) is 0 Å². The average molecular weight is 358 g/mol. The average Bonchev–Trinajstić information content (AvgIpc) is 2.45. The molecule has 2 aromatic rings. The lowest BCUT2D eigenvalue weighted by Gasteiger charge is -2.24. The van der Waals surface area contributed by atoms with Gasteiger partial charge in [-0.15, -0.1) is 0 Å². The molecule has 1 nitrogen and oxygen atoms in total. The molecule has 0 aromatic heterocycles. The summed E-state index contributed by atoms with van der Waals surface area (Å²) in [6.45, 7) is 1.91. The van der Waals surface area contributed by atoms with Crippen molar-refractivity contribution >= 4 is 21.6 Å². The summed E-state index contributed by atoms with van der Waals surface area (Å²) in [4.78, 5) is 0. The zero-order chi connectivity index (χ0) is 15.5. The van der Waals surface area contributed by atoms with E-state index in [1.165, 1.54) is 12.1 Å². The summed E-state index contributed by atoms with van der Waals surface area (Å²) in [6.07, 6.45) is -3.71. The molecule has 21 heavy (non-hydrogen) atoms. The molecule has 5 heteroatoms. The van der Waals surface area contributed by atoms with E-state index in [0.717, 1.165) is 10.0 Å². The third-order valence-corrected chi connectivity index (χ3v) is 3.70. The largest absolute Gasteiger partial charge is 0.412 e. The summed E-state index contributed by atoms with van der Waals surface area (Å²) in [7, 11) is 0. The predicted molar refractivity (Wildman–Crippen MR) is 82.4 cm³/mol. The van der Waals surface area contributed by atoms with E-state index in [9.17, 15) is 13.2 Å². The molecule has 0 amide bonds. The Balaban J connectivity index is 2.37. The molecule has 2 aromatic carbocycles. The minimum Gasteiger partial charge on any atom is -0.370 e. The third kappa shape index (κ3) is 4.00. The summed E-state index contributed by atoms with van der Waals surface area (Å²) in [6, 6.07) is 11.4. The molecular formula is C16H15BrF3N. The van der Waals surface area contributed by atoms with Crippen LogP contribution in [0.4, 0.5) is 18.9 Å². The molecule has 0 fully saturated rings. The first kappa shape index (κ1) is 15.9. The lowest BCUT2D eigenvalue weighted by atomic mass is 10.0. The fourth-order valence-corrected chi connectivity index (χ4v) is 2.56. The molecule has 1 unspecified atom stereocenters. The number of hydrogen-bond donors (Lipinski definition) is 1. The van der Waals surface area contributed by atoms with Gasteiger partial charge in [-0.3, -0.25) is 0 Å². The molecule has 112 valence electrons. The molecule has 1 N–H and O–H groups in total. The molecule has 0 heterocycles. The molecule has 0 spiro atoms. The van der Waals surface area contributed by atoms with Gasteiger partial charge in [0.1, 0.15) is 6.04 Å². The highest BCUT2D eigenvalue weighted by molar-refractivity contribution is 9.10. The Labute approximate surface area is 130 Å². The van der Waals surface area contributed by atoms with Crippen LogP contribution in [0.3, 0.4) is 0 Å². The molecule has 0 saturated heterocycles. The van der Waals surface area contributed by atoms with Crippen molar-refractivity contribution in [2.24, 2.45) is 0 Å². The van der Waals surface area contributed by atoms with Gasteiger partial charge >= 0.3 is 6.18 Å². The number of rotatable bonds is 4. The van der Waals surface area contributed by atoms with Gasteiger partial charge in [0.05, 0.1) is 0 Å². The van der Waals surface area contributed by atoms with Crippen LogP contribution in [0.25, 0.3) is 0 Å². The number of hydrogen-bond acceptors (Lipinski definition) is 1. The SMILES string of the molecule is CCc1cc(Br)ccc1NC(c1ccccc1)C(F)(F)F. The molecule has 1 atom stereocenters. The fraction of sp³-hybridized carbons (Fsp3) is 0.250. The van der Waals surface area contributed by atoms with E-state index < -0.39 is 12.2 Å². The van der Waals surface area contributed by atoms with Gasteiger partial charge in [0.25, 0.3) is 0 Å². The van der Waals surface area contributed by atoms with Crippen LogP contribution >= 0.6 is 15.9 Å². The van der Waals surface area contributed by atoms with E-state index in [0.29, 0.717) is 12.1 Å². The van der Waals surface area contributed by atoms with Crippen molar-refractivity contribution in [2.45, 2.75) is 25.6 Å². The molecule has 2 rings (SSSR count). The van der Waals surface area contributed by atoms with Crippen molar-refractivity contribution in [1.29, 1.82) is 0 Å². The Kier molecular flexibility index (Phi) is 4.93. The van der Waals surface area contributed by atoms with E-state index in [1.807, 2.05) is 13.0 Å². The van der Waals surface area contributed by atoms with E-state index in [4.69, 9.17) is 0 Å². The van der Waals surface area contributed by atoms with Crippen LogP contribution in [0.1, 0.15) is 24.1 Å². The molecule has 0 aliphatic heterocycles. The van der Waals surface area contributed by atoms with Crippen LogP contribution in [0.5, 0.6) is 0 Å². The van der Waals surface area contributed by atoms with Crippen LogP contribution in [-0.4, -0.2) is 6.18 Å². The van der Waals surface area contributed by atoms with Crippen molar-refractivity contribution in [3.05, 3.63) is 64.1 Å². The molecule has 0 bridgehead atoms. The lowest BCUT2D eigenvalue weighted by Crippen LogP contribution is -2.28. The Morgan fingerprint density at radius 2 is 1.76 bits per heavy atom. The number of nitrogens with one attached hydrogen (secondary N) is 1. The standard InChI is InChI=1S/C16H15BrF3N/c1-2-11-10-13(17)8-9-14(11)21-15(16(18,19)20)12-6-4-3-5-7-12/h3-10,15,21H,2H2,1H3. The topological polar surface area (TPSA) is 12.0 Å². The Hall–Kier alpha value is -1.49. The van der Waals surface area contributed by atoms with Crippen molar-refractivity contribution in [2.75, 3.05) is 5.32 Å². The van der Waals surface area contributed by atoms with Crippen molar-refractivity contribution in [3.8, 4) is 0 Å². The van der Waals surface area contributed by atoms with Gasteiger partial charge in [-0.2, -0.15) is 13.2 Å². The van der Waals surface area contributed by atoms with E-state index in [-0.39, 0.29) is 5.56 Å². The van der Waals surface area contributed by atoms with Crippen molar-refractivity contribution in [1.82, 2.24) is 0 Å². The molecule has 0 saturated carbocycles. The monoisotopic (exact) mass is 357 g/mol. The van der Waals surface area contributed by atoms with Gasteiger partial charge in [-0.1, -0.05) is 53.2 Å². The van der Waals surface area contributed by atoms with Gasteiger partial charge < -0.3 is 5.32 Å². The summed E-state index contributed by atoms with van der Waals surface area (Å²) < 4.78 is 40.9. The number of anilines is 1. The zero-order valence-electron chi connectivity index (χ0n) is 11.4. The number of aryl methyl sites for hydroxylation is 1. The second kappa shape index (κ2) is 6.52. The first-order valence-corrected chi connectivity index (χ1v) is 7.37. The van der Waals surface area contributed by atoms with Gasteiger partial charge in [0.15, 0.2) is 0 Å². The van der Waals surface area contributed by atoms with Crippen LogP contribution in [-0.2, 0) is 6.42 Å². The van der Waals surface area contributed by atoms with E-state index in [1.54, 1.807) is 30.3 Å². The predicted octanol–water partition coefficient (Wildman–Crippen LogP) is 5.73. The Bertz CT molecular complexity index is 596. The van der Waals surface area contributed by atoms with Gasteiger partial charge in [0, 0.05) is 10.2 Å². The van der Waals surface area contributed by atoms with Gasteiger partial charge in [-0.25, -0.2) is 0 Å². The first-order chi connectivity index (χ1) is 9.91. The maximum absolute atomic E-state index is 13.3. The molecule has 0 aliphatic rings. The van der Waals surface area contributed by atoms with Gasteiger partial charge in [-0.05, 0) is 35.7 Å². The quantitative estimate of drug-likeness (QED) is 0.736. The highest BCUT2D eigenvalue weighted by Crippen LogP contribution is 2.36. The summed E-state index contributed by atoms with van der Waals surface area (Å²) >= 11 is 3.34. The van der Waals surface area contributed by atoms with Crippen LogP contribution in [0, 0.1) is 0 Å². The first-order valence-electron chi connectivity index (χ1n) is 6.58. The van der Waals surface area contributed by atoms with Crippen LogP contribution in [0.2, 0.25) is 0 Å². The third-order valence-electron chi connectivity index (χ3n) is 3.21. The number of halogens is 4. The molecule has 0 aliphatic carbocycles. The van der Waals surface area contributed by atoms with Crippen molar-refractivity contribution < 1.29 is 13.2 Å². The number of alkyl halides is 3. The van der Waals surface area contributed by atoms with E-state index >= 15 is 0 Å². The number of benzene rings is 2. The highest BCUT2D eigenvalue weighted by Gasteiger charge is 2.41. The molecular weight excluding hydrogens is 343 g/mol. The summed E-state index contributed by atoms with van der Waals surface area (Å²) in [5, 5.41) is 2.64. The maximum atomic E-state index is 13.3. The normalized spacial score (nSPS) is 13.0. The van der Waals surface area contributed by atoms with E-state index in [2.05, 4.69) is 21.2 Å².